The van der Waals surface area contributed by atoms with Crippen LogP contribution in [0.4, 0.5) is 0 Å². The third kappa shape index (κ3) is 19.1. The zero-order chi connectivity index (χ0) is 34.1. The Morgan fingerprint density at radius 3 is 1.82 bits per heavy atom. The number of primary amides is 1. The summed E-state index contributed by atoms with van der Waals surface area (Å²) in [7, 11) is 0. The molecule has 2 aliphatic carbocycles. The van der Waals surface area contributed by atoms with Gasteiger partial charge in [-0.2, -0.15) is 0 Å². The van der Waals surface area contributed by atoms with Gasteiger partial charge in [-0.1, -0.05) is 106 Å². The summed E-state index contributed by atoms with van der Waals surface area (Å²) in [5.74, 6) is 0.211. The summed E-state index contributed by atoms with van der Waals surface area (Å²) in [5.41, 5.74) is 11.6. The first-order valence-electron chi connectivity index (χ1n) is 17.3. The molecule has 1 aliphatic heterocycles. The van der Waals surface area contributed by atoms with Crippen LogP contribution in [0.5, 0.6) is 0 Å². The zero-order valence-corrected chi connectivity index (χ0v) is 29.5. The highest BCUT2D eigenvalue weighted by Gasteiger charge is 2.39. The molecule has 3 rings (SSSR count). The van der Waals surface area contributed by atoms with Gasteiger partial charge in [-0.05, 0) is 57.8 Å². The highest BCUT2D eigenvalue weighted by atomic mass is 16.5. The van der Waals surface area contributed by atoms with Crippen LogP contribution in [0.2, 0.25) is 0 Å². The van der Waals surface area contributed by atoms with E-state index in [9.17, 15) is 19.2 Å². The van der Waals surface area contributed by atoms with Gasteiger partial charge in [-0.25, -0.2) is 0 Å². The van der Waals surface area contributed by atoms with Crippen LogP contribution in [-0.4, -0.2) is 59.9 Å². The fourth-order valence-electron chi connectivity index (χ4n) is 4.60. The maximum absolute atomic E-state index is 12.8. The number of likely N-dealkylation sites (tertiary alicyclic amines) is 1. The standard InChI is InChI=1S/C18H30N4O3.C5H10O2.C5H10.C4H10.C3H8/c1-11(16(20)23)12(2)21-17(24)14-9-6-10-22(14)18(25)15(19)13-7-4-3-5-8-13;1-3-5(2)7-4-6;1-5-3-2-4-5;1-3-4-2;1-3-2/h12-15H,1,3-10,19H2,2H3,(H2,20,23)(H,21,24);4-5H,3H2,1-2H3;5H,2-4H2,1H3;3-4H2,1-2H3;3H2,1-2H3. The summed E-state index contributed by atoms with van der Waals surface area (Å²) in [6.07, 6.45) is 16.1. The van der Waals surface area contributed by atoms with Gasteiger partial charge in [-0.3, -0.25) is 19.2 Å². The van der Waals surface area contributed by atoms with Gasteiger partial charge in [-0.15, -0.1) is 0 Å². The molecule has 1 heterocycles. The molecular formula is C35H68N4O5. The van der Waals surface area contributed by atoms with Crippen molar-refractivity contribution in [1.29, 1.82) is 0 Å². The predicted molar refractivity (Wildman–Crippen MR) is 182 cm³/mol. The van der Waals surface area contributed by atoms with Crippen LogP contribution in [0.25, 0.3) is 0 Å². The number of amides is 3. The SMILES string of the molecule is C=C(C(N)=O)C(C)NC(=O)C1CCCN1C(=O)C(N)C1CCCCC1.CC1CCC1.CCC.CCC(C)OC=O.CCCC. The predicted octanol–water partition coefficient (Wildman–Crippen LogP) is 6.42. The Morgan fingerprint density at radius 1 is 0.932 bits per heavy atom. The smallest absolute Gasteiger partial charge is 0.293 e. The van der Waals surface area contributed by atoms with E-state index in [0.717, 1.165) is 44.4 Å². The quantitative estimate of drug-likeness (QED) is 0.189. The summed E-state index contributed by atoms with van der Waals surface area (Å²) in [6, 6.07) is -1.63. The monoisotopic (exact) mass is 625 g/mol. The Balaban J connectivity index is 0. The van der Waals surface area contributed by atoms with E-state index in [-0.39, 0.29) is 29.4 Å². The fourth-order valence-corrected chi connectivity index (χ4v) is 4.60. The maximum atomic E-state index is 12.8. The molecule has 9 nitrogen and oxygen atoms in total. The van der Waals surface area contributed by atoms with Crippen LogP contribution >= 0.6 is 0 Å². The average Bonchev–Trinajstić information content (AvgIpc) is 3.51. The highest BCUT2D eigenvalue weighted by molar-refractivity contribution is 5.95. The topological polar surface area (TPSA) is 145 Å². The minimum Gasteiger partial charge on any atom is -0.465 e. The number of ether oxygens (including phenoxy) is 1. The van der Waals surface area contributed by atoms with Crippen LogP contribution in [0.1, 0.15) is 145 Å². The van der Waals surface area contributed by atoms with Crippen molar-refractivity contribution in [1.82, 2.24) is 10.2 Å². The second-order valence-electron chi connectivity index (χ2n) is 12.4. The van der Waals surface area contributed by atoms with Gasteiger partial charge < -0.3 is 26.4 Å². The third-order valence-corrected chi connectivity index (χ3v) is 8.24. The average molecular weight is 625 g/mol. The summed E-state index contributed by atoms with van der Waals surface area (Å²) < 4.78 is 4.51. The van der Waals surface area contributed by atoms with E-state index in [0.29, 0.717) is 19.4 Å². The van der Waals surface area contributed by atoms with E-state index in [1.807, 2.05) is 13.8 Å². The molecule has 0 aromatic rings. The molecule has 258 valence electrons. The normalized spacial score (nSPS) is 19.6. The summed E-state index contributed by atoms with van der Waals surface area (Å²) >= 11 is 0. The van der Waals surface area contributed by atoms with Crippen LogP contribution < -0.4 is 16.8 Å². The number of carbonyl (C=O) groups is 4. The number of hydrogen-bond donors (Lipinski definition) is 3. The van der Waals surface area contributed by atoms with Gasteiger partial charge in [0.1, 0.15) is 6.04 Å². The molecule has 0 aromatic heterocycles. The van der Waals surface area contributed by atoms with E-state index in [1.54, 1.807) is 11.8 Å². The molecule has 3 aliphatic rings. The molecule has 44 heavy (non-hydrogen) atoms. The number of nitrogens with zero attached hydrogens (tertiary/aromatic N) is 1. The zero-order valence-electron chi connectivity index (χ0n) is 29.5. The van der Waals surface area contributed by atoms with Crippen molar-refractivity contribution < 1.29 is 23.9 Å². The van der Waals surface area contributed by atoms with E-state index in [4.69, 9.17) is 11.5 Å². The van der Waals surface area contributed by atoms with Crippen LogP contribution in [0.15, 0.2) is 12.2 Å². The lowest BCUT2D eigenvalue weighted by Crippen LogP contribution is -2.54. The van der Waals surface area contributed by atoms with E-state index in [1.165, 1.54) is 44.9 Å². The van der Waals surface area contributed by atoms with E-state index < -0.39 is 24.0 Å². The lowest BCUT2D eigenvalue weighted by atomic mass is 9.83. The molecule has 1 saturated heterocycles. The minimum atomic E-state index is -0.647. The molecule has 0 aromatic carbocycles. The molecule has 2 saturated carbocycles. The van der Waals surface area contributed by atoms with E-state index in [2.05, 4.69) is 51.3 Å². The Hall–Kier alpha value is -2.42. The molecule has 0 spiro atoms. The van der Waals surface area contributed by atoms with Crippen molar-refractivity contribution >= 4 is 24.2 Å². The molecular weight excluding hydrogens is 556 g/mol. The first-order chi connectivity index (χ1) is 20.9. The van der Waals surface area contributed by atoms with Gasteiger partial charge in [0, 0.05) is 12.1 Å². The van der Waals surface area contributed by atoms with Crippen molar-refractivity contribution in [3.05, 3.63) is 12.2 Å². The largest absolute Gasteiger partial charge is 0.465 e. The molecule has 0 bridgehead atoms. The van der Waals surface area contributed by atoms with Gasteiger partial charge in [0.15, 0.2) is 0 Å². The lowest BCUT2D eigenvalue weighted by Gasteiger charge is -2.32. The first-order valence-corrected chi connectivity index (χ1v) is 17.3. The molecule has 5 N–H and O–H groups in total. The Bertz CT molecular complexity index is 794. The van der Waals surface area contributed by atoms with Gasteiger partial charge in [0.25, 0.3) is 6.47 Å². The third-order valence-electron chi connectivity index (χ3n) is 8.24. The second kappa shape index (κ2) is 26.9. The van der Waals surface area contributed by atoms with Crippen LogP contribution in [-0.2, 0) is 23.9 Å². The molecule has 3 amide bonds. The number of rotatable bonds is 10. The Labute approximate surface area is 269 Å². The van der Waals surface area contributed by atoms with Crippen molar-refractivity contribution in [3.8, 4) is 0 Å². The molecule has 4 unspecified atom stereocenters. The summed E-state index contributed by atoms with van der Waals surface area (Å²) in [4.78, 5) is 47.7. The van der Waals surface area contributed by atoms with Crippen molar-refractivity contribution in [2.45, 2.75) is 170 Å². The van der Waals surface area contributed by atoms with Gasteiger partial charge in [0.05, 0.1) is 18.2 Å². The van der Waals surface area contributed by atoms with Gasteiger partial charge >= 0.3 is 0 Å². The highest BCUT2D eigenvalue weighted by Crippen LogP contribution is 2.28. The van der Waals surface area contributed by atoms with Crippen LogP contribution in [0, 0.1) is 11.8 Å². The van der Waals surface area contributed by atoms with Crippen molar-refractivity contribution in [2.24, 2.45) is 23.3 Å². The minimum absolute atomic E-state index is 0.0810. The Kier molecular flexibility index (Phi) is 26.8. The molecule has 4 atom stereocenters. The first kappa shape index (κ1) is 43.7. The lowest BCUT2D eigenvalue weighted by molar-refractivity contribution is -0.140. The maximum Gasteiger partial charge on any atom is 0.293 e. The number of nitrogens with one attached hydrogen (secondary N) is 1. The summed E-state index contributed by atoms with van der Waals surface area (Å²) in [6.45, 7) is 21.0. The second-order valence-corrected chi connectivity index (χ2v) is 12.4. The number of nitrogens with two attached hydrogens (primary N) is 2. The van der Waals surface area contributed by atoms with Crippen LogP contribution in [0.3, 0.4) is 0 Å². The van der Waals surface area contributed by atoms with Crippen molar-refractivity contribution in [2.75, 3.05) is 6.54 Å². The fraction of sp³-hybridized carbons (Fsp3) is 0.829. The van der Waals surface area contributed by atoms with Gasteiger partial charge in [0.2, 0.25) is 17.7 Å². The number of unbranched alkanes of at least 4 members (excludes halogenated alkanes) is 1. The number of hydrogen-bond acceptors (Lipinski definition) is 6. The molecule has 3 fully saturated rings. The molecule has 9 heteroatoms. The number of carbonyl (C=O) groups excluding carboxylic acids is 4. The summed E-state index contributed by atoms with van der Waals surface area (Å²) in [5, 5.41) is 2.73. The van der Waals surface area contributed by atoms with E-state index >= 15 is 0 Å². The Morgan fingerprint density at radius 2 is 1.45 bits per heavy atom. The van der Waals surface area contributed by atoms with Crippen molar-refractivity contribution in [3.63, 3.8) is 0 Å². The molecule has 0 radical (unpaired) electrons.